The number of rotatable bonds is 5. The summed E-state index contributed by atoms with van der Waals surface area (Å²) in [5, 5.41) is 8.10. The van der Waals surface area contributed by atoms with E-state index in [2.05, 4.69) is 22.3 Å². The third kappa shape index (κ3) is 4.37. The van der Waals surface area contributed by atoms with Crippen LogP contribution >= 0.6 is 11.6 Å². The van der Waals surface area contributed by atoms with Crippen LogP contribution in [0.5, 0.6) is 0 Å². The van der Waals surface area contributed by atoms with Gasteiger partial charge < -0.3 is 5.32 Å². The van der Waals surface area contributed by atoms with Crippen LogP contribution in [-0.2, 0) is 6.42 Å². The summed E-state index contributed by atoms with van der Waals surface area (Å²) in [5.74, 6) is 0.325. The molecule has 0 unspecified atom stereocenters. The number of amides is 1. The maximum Gasteiger partial charge on any atom is 0.295 e. The van der Waals surface area contributed by atoms with E-state index in [0.717, 1.165) is 28.8 Å². The van der Waals surface area contributed by atoms with Crippen molar-refractivity contribution in [2.24, 2.45) is 0 Å². The monoisotopic (exact) mass is 430 g/mol. The maximum atomic E-state index is 12.9. The van der Waals surface area contributed by atoms with Gasteiger partial charge in [-0.15, -0.1) is 5.10 Å². The predicted octanol–water partition coefficient (Wildman–Crippen LogP) is 6.02. The van der Waals surface area contributed by atoms with Crippen LogP contribution in [0.15, 0.2) is 66.7 Å². The molecule has 0 aliphatic heterocycles. The number of hydrogen-bond acceptors (Lipinski definition) is 3. The molecule has 1 amide bonds. The lowest BCUT2D eigenvalue weighted by Crippen LogP contribution is -2.14. The largest absolute Gasteiger partial charge is 0.319 e. The minimum absolute atomic E-state index is 0.102. The molecule has 0 fully saturated rings. The Hall–Kier alpha value is -3.44. The van der Waals surface area contributed by atoms with Gasteiger partial charge in [-0.2, -0.15) is 0 Å². The SMILES string of the molecule is CCc1ccc(NC(=O)c2nc(-c3ccc(Cl)cc3)n(-c3cccc(C)c3C)n2)cc1. The Morgan fingerprint density at radius 1 is 1.00 bits per heavy atom. The van der Waals surface area contributed by atoms with Gasteiger partial charge in [-0.3, -0.25) is 4.79 Å². The first-order valence-corrected chi connectivity index (χ1v) is 10.5. The molecule has 1 aromatic heterocycles. The zero-order valence-corrected chi connectivity index (χ0v) is 18.4. The van der Waals surface area contributed by atoms with Gasteiger partial charge in [-0.25, -0.2) is 9.67 Å². The number of hydrogen-bond donors (Lipinski definition) is 1. The lowest BCUT2D eigenvalue weighted by Gasteiger charge is -2.11. The first-order valence-electron chi connectivity index (χ1n) is 10.2. The molecule has 0 aliphatic rings. The zero-order valence-electron chi connectivity index (χ0n) is 17.7. The van der Waals surface area contributed by atoms with Gasteiger partial charge in [0.15, 0.2) is 5.82 Å². The Bertz CT molecular complexity index is 1230. The van der Waals surface area contributed by atoms with Crippen molar-refractivity contribution >= 4 is 23.2 Å². The molecule has 0 atom stereocenters. The van der Waals surface area contributed by atoms with E-state index in [1.54, 1.807) is 16.8 Å². The number of benzene rings is 3. The molecule has 5 nitrogen and oxygen atoms in total. The van der Waals surface area contributed by atoms with E-state index in [-0.39, 0.29) is 11.7 Å². The zero-order chi connectivity index (χ0) is 22.0. The van der Waals surface area contributed by atoms with E-state index < -0.39 is 0 Å². The molecule has 0 bridgehead atoms. The van der Waals surface area contributed by atoms with Gasteiger partial charge in [0, 0.05) is 16.3 Å². The first kappa shape index (κ1) is 20.8. The van der Waals surface area contributed by atoms with E-state index in [9.17, 15) is 4.79 Å². The number of anilines is 1. The lowest BCUT2D eigenvalue weighted by atomic mass is 10.1. The molecule has 0 spiro atoms. The lowest BCUT2D eigenvalue weighted by molar-refractivity contribution is 0.101. The van der Waals surface area contributed by atoms with E-state index in [0.29, 0.717) is 16.5 Å². The molecular weight excluding hydrogens is 408 g/mol. The van der Waals surface area contributed by atoms with Crippen molar-refractivity contribution in [1.29, 1.82) is 0 Å². The van der Waals surface area contributed by atoms with Crippen LogP contribution in [0, 0.1) is 13.8 Å². The molecule has 156 valence electrons. The van der Waals surface area contributed by atoms with Crippen molar-refractivity contribution in [1.82, 2.24) is 14.8 Å². The third-order valence-electron chi connectivity index (χ3n) is 5.34. The molecule has 4 aromatic rings. The second-order valence-corrected chi connectivity index (χ2v) is 7.84. The predicted molar refractivity (Wildman–Crippen MR) is 125 cm³/mol. The quantitative estimate of drug-likeness (QED) is 0.421. The average Bonchev–Trinajstić information content (AvgIpc) is 3.22. The van der Waals surface area contributed by atoms with Crippen LogP contribution in [0.25, 0.3) is 17.1 Å². The number of nitrogens with zero attached hydrogens (tertiary/aromatic N) is 3. The second kappa shape index (κ2) is 8.74. The van der Waals surface area contributed by atoms with Gasteiger partial charge in [-0.1, -0.05) is 42.8 Å². The summed E-state index contributed by atoms with van der Waals surface area (Å²) in [5.41, 5.74) is 5.83. The smallest absolute Gasteiger partial charge is 0.295 e. The van der Waals surface area contributed by atoms with E-state index >= 15 is 0 Å². The number of aromatic nitrogens is 3. The van der Waals surface area contributed by atoms with Crippen molar-refractivity contribution in [2.45, 2.75) is 27.2 Å². The van der Waals surface area contributed by atoms with Crippen molar-refractivity contribution in [3.05, 3.63) is 94.3 Å². The van der Waals surface area contributed by atoms with Crippen LogP contribution in [0.1, 0.15) is 34.2 Å². The number of nitrogens with one attached hydrogen (secondary N) is 1. The summed E-state index contributed by atoms with van der Waals surface area (Å²) in [6, 6.07) is 21.1. The van der Waals surface area contributed by atoms with Crippen LogP contribution in [0.2, 0.25) is 5.02 Å². The molecule has 0 aliphatic carbocycles. The highest BCUT2D eigenvalue weighted by Gasteiger charge is 2.20. The minimum atomic E-state index is -0.358. The summed E-state index contributed by atoms with van der Waals surface area (Å²) in [6.45, 7) is 6.17. The van der Waals surface area contributed by atoms with Gasteiger partial charge in [0.25, 0.3) is 5.91 Å². The Labute approximate surface area is 186 Å². The molecule has 31 heavy (non-hydrogen) atoms. The molecule has 0 saturated heterocycles. The fraction of sp³-hybridized carbons (Fsp3) is 0.160. The Morgan fingerprint density at radius 2 is 1.71 bits per heavy atom. The van der Waals surface area contributed by atoms with Gasteiger partial charge >= 0.3 is 0 Å². The molecule has 4 rings (SSSR count). The number of halogens is 1. The number of carbonyl (C=O) groups excluding carboxylic acids is 1. The fourth-order valence-electron chi connectivity index (χ4n) is 3.34. The Balaban J connectivity index is 1.76. The van der Waals surface area contributed by atoms with Gasteiger partial charge in [0.2, 0.25) is 5.82 Å². The van der Waals surface area contributed by atoms with Crippen molar-refractivity contribution in [3.8, 4) is 17.1 Å². The van der Waals surface area contributed by atoms with Crippen molar-refractivity contribution < 1.29 is 4.79 Å². The molecule has 0 radical (unpaired) electrons. The molecule has 3 aromatic carbocycles. The summed E-state index contributed by atoms with van der Waals surface area (Å²) in [7, 11) is 0. The van der Waals surface area contributed by atoms with E-state index in [1.165, 1.54) is 5.56 Å². The number of aryl methyl sites for hydroxylation is 2. The highest BCUT2D eigenvalue weighted by molar-refractivity contribution is 6.30. The van der Waals surface area contributed by atoms with Crippen molar-refractivity contribution in [2.75, 3.05) is 5.32 Å². The highest BCUT2D eigenvalue weighted by Crippen LogP contribution is 2.26. The fourth-order valence-corrected chi connectivity index (χ4v) is 3.46. The third-order valence-corrected chi connectivity index (χ3v) is 5.59. The van der Waals surface area contributed by atoms with Crippen LogP contribution in [-0.4, -0.2) is 20.7 Å². The van der Waals surface area contributed by atoms with Crippen LogP contribution in [0.3, 0.4) is 0 Å². The molecular formula is C25H23ClN4O. The Kier molecular flexibility index (Phi) is 5.87. The molecule has 0 saturated carbocycles. The summed E-state index contributed by atoms with van der Waals surface area (Å²) >= 11 is 6.06. The van der Waals surface area contributed by atoms with E-state index in [4.69, 9.17) is 11.6 Å². The van der Waals surface area contributed by atoms with Crippen LogP contribution < -0.4 is 5.32 Å². The summed E-state index contributed by atoms with van der Waals surface area (Å²) in [4.78, 5) is 17.5. The Morgan fingerprint density at radius 3 is 2.39 bits per heavy atom. The topological polar surface area (TPSA) is 59.8 Å². The van der Waals surface area contributed by atoms with E-state index in [1.807, 2.05) is 68.4 Å². The van der Waals surface area contributed by atoms with Gasteiger partial charge in [-0.05, 0) is 79.4 Å². The van der Waals surface area contributed by atoms with Gasteiger partial charge in [0.1, 0.15) is 0 Å². The standard InChI is InChI=1S/C25H23ClN4O/c1-4-18-8-14-21(15-9-18)27-25(31)23-28-24(19-10-12-20(26)13-11-19)30(29-23)22-7-5-6-16(2)17(22)3/h5-15H,4H2,1-3H3,(H,27,31). The maximum absolute atomic E-state index is 12.9. The highest BCUT2D eigenvalue weighted by atomic mass is 35.5. The molecule has 6 heteroatoms. The molecule has 1 heterocycles. The van der Waals surface area contributed by atoms with Gasteiger partial charge in [0.05, 0.1) is 5.69 Å². The summed E-state index contributed by atoms with van der Waals surface area (Å²) < 4.78 is 1.72. The number of carbonyl (C=O) groups is 1. The minimum Gasteiger partial charge on any atom is -0.319 e. The van der Waals surface area contributed by atoms with Crippen LogP contribution in [0.4, 0.5) is 5.69 Å². The normalized spacial score (nSPS) is 10.8. The van der Waals surface area contributed by atoms with Crippen molar-refractivity contribution in [3.63, 3.8) is 0 Å². The summed E-state index contributed by atoms with van der Waals surface area (Å²) in [6.07, 6.45) is 0.945. The second-order valence-electron chi connectivity index (χ2n) is 7.40. The first-order chi connectivity index (χ1) is 15.0. The molecule has 1 N–H and O–H groups in total. The average molecular weight is 431 g/mol.